The molecular weight excluding hydrogens is 346 g/mol. The van der Waals surface area contributed by atoms with Crippen molar-refractivity contribution < 1.29 is 9.53 Å². The van der Waals surface area contributed by atoms with E-state index in [1.807, 2.05) is 30.1 Å². The van der Waals surface area contributed by atoms with Gasteiger partial charge in [0, 0.05) is 56.6 Å². The molecule has 9 heteroatoms. The van der Waals surface area contributed by atoms with E-state index in [0.717, 1.165) is 16.6 Å². The number of hydrogen-bond acceptors (Lipinski definition) is 6. The summed E-state index contributed by atoms with van der Waals surface area (Å²) in [6, 6.07) is 7.38. The van der Waals surface area contributed by atoms with Gasteiger partial charge in [-0.25, -0.2) is 9.78 Å². The number of methoxy groups -OCH3 is 1. The van der Waals surface area contributed by atoms with Crippen molar-refractivity contribution in [2.24, 2.45) is 7.05 Å². The molecule has 4 rings (SSSR count). The fourth-order valence-corrected chi connectivity index (χ4v) is 3.13. The number of amides is 2. The number of anilines is 2. The summed E-state index contributed by atoms with van der Waals surface area (Å²) in [5, 5.41) is 8.24. The molecule has 1 aliphatic rings. The highest BCUT2D eigenvalue weighted by atomic mass is 16.5. The topological polar surface area (TPSA) is 88.4 Å². The first-order valence-electron chi connectivity index (χ1n) is 8.74. The largest absolute Gasteiger partial charge is 0.481 e. The van der Waals surface area contributed by atoms with Crippen LogP contribution < -0.4 is 15.0 Å². The number of hydrogen-bond donors (Lipinski definition) is 1. The van der Waals surface area contributed by atoms with Gasteiger partial charge in [-0.2, -0.15) is 10.1 Å². The molecule has 140 valence electrons. The summed E-state index contributed by atoms with van der Waals surface area (Å²) in [6.07, 6.45) is 3.48. The Kier molecular flexibility index (Phi) is 4.49. The summed E-state index contributed by atoms with van der Waals surface area (Å²) in [5.41, 5.74) is 1.74. The van der Waals surface area contributed by atoms with E-state index in [4.69, 9.17) is 4.74 Å². The van der Waals surface area contributed by atoms with Crippen molar-refractivity contribution in [3.05, 3.63) is 36.7 Å². The van der Waals surface area contributed by atoms with E-state index in [1.54, 1.807) is 35.2 Å². The highest BCUT2D eigenvalue weighted by molar-refractivity contribution is 5.92. The number of nitrogens with one attached hydrogen (secondary N) is 1. The lowest BCUT2D eigenvalue weighted by molar-refractivity contribution is 0.208. The van der Waals surface area contributed by atoms with Crippen molar-refractivity contribution in [1.82, 2.24) is 24.6 Å². The van der Waals surface area contributed by atoms with Crippen LogP contribution in [-0.2, 0) is 7.05 Å². The minimum Gasteiger partial charge on any atom is -0.481 e. The lowest BCUT2D eigenvalue weighted by Crippen LogP contribution is -2.50. The van der Waals surface area contributed by atoms with E-state index in [2.05, 4.69) is 20.4 Å². The quantitative estimate of drug-likeness (QED) is 0.758. The maximum atomic E-state index is 12.6. The molecule has 0 aliphatic carbocycles. The number of urea groups is 1. The number of aryl methyl sites for hydroxylation is 1. The normalized spacial score (nSPS) is 14.4. The standard InChI is InChI=1S/C18H21N7O2/c1-23-15-11-14(4-3-13(15)12-20-23)21-18(26)25-9-7-24(8-10-25)17-19-6-5-16(22-17)27-2/h3-6,11-12H,7-10H2,1-2H3,(H,21,26). The highest BCUT2D eigenvalue weighted by Gasteiger charge is 2.23. The second kappa shape index (κ2) is 7.10. The molecular formula is C18H21N7O2. The molecule has 0 bridgehead atoms. The van der Waals surface area contributed by atoms with Gasteiger partial charge in [0.25, 0.3) is 0 Å². The van der Waals surface area contributed by atoms with E-state index >= 15 is 0 Å². The van der Waals surface area contributed by atoms with Gasteiger partial charge < -0.3 is 19.9 Å². The molecule has 0 radical (unpaired) electrons. The lowest BCUT2D eigenvalue weighted by Gasteiger charge is -2.34. The Hall–Kier alpha value is -3.36. The number of carbonyl (C=O) groups excluding carboxylic acids is 1. The summed E-state index contributed by atoms with van der Waals surface area (Å²) in [5.74, 6) is 1.15. The van der Waals surface area contributed by atoms with Gasteiger partial charge in [0.05, 0.1) is 18.8 Å². The van der Waals surface area contributed by atoms with Crippen LogP contribution in [0.5, 0.6) is 5.88 Å². The summed E-state index contributed by atoms with van der Waals surface area (Å²) < 4.78 is 6.94. The van der Waals surface area contributed by atoms with Gasteiger partial charge in [-0.1, -0.05) is 0 Å². The molecule has 1 fully saturated rings. The van der Waals surface area contributed by atoms with Gasteiger partial charge in [0.15, 0.2) is 0 Å². The molecule has 2 aromatic heterocycles. The number of ether oxygens (including phenoxy) is 1. The fraction of sp³-hybridized carbons (Fsp3) is 0.333. The molecule has 0 unspecified atom stereocenters. The van der Waals surface area contributed by atoms with Gasteiger partial charge >= 0.3 is 6.03 Å². The molecule has 1 N–H and O–H groups in total. The Morgan fingerprint density at radius 1 is 1.19 bits per heavy atom. The predicted octanol–water partition coefficient (Wildman–Crippen LogP) is 1.73. The van der Waals surface area contributed by atoms with E-state index < -0.39 is 0 Å². The zero-order chi connectivity index (χ0) is 18.8. The first-order chi connectivity index (χ1) is 13.1. The molecule has 0 atom stereocenters. The Morgan fingerprint density at radius 3 is 2.78 bits per heavy atom. The predicted molar refractivity (Wildman–Crippen MR) is 102 cm³/mol. The Bertz CT molecular complexity index is 963. The molecule has 1 aliphatic heterocycles. The molecule has 9 nitrogen and oxygen atoms in total. The minimum absolute atomic E-state index is 0.109. The number of benzene rings is 1. The first-order valence-corrected chi connectivity index (χ1v) is 8.74. The van der Waals surface area contributed by atoms with Crippen molar-refractivity contribution in [2.75, 3.05) is 43.5 Å². The van der Waals surface area contributed by atoms with Gasteiger partial charge in [-0.15, -0.1) is 0 Å². The number of piperazine rings is 1. The van der Waals surface area contributed by atoms with Gasteiger partial charge in [-0.05, 0) is 18.2 Å². The second-order valence-electron chi connectivity index (χ2n) is 6.35. The Balaban J connectivity index is 1.38. The number of nitrogens with zero attached hydrogens (tertiary/aromatic N) is 6. The van der Waals surface area contributed by atoms with E-state index in [9.17, 15) is 4.79 Å². The summed E-state index contributed by atoms with van der Waals surface area (Å²) in [7, 11) is 3.46. The summed E-state index contributed by atoms with van der Waals surface area (Å²) >= 11 is 0. The van der Waals surface area contributed by atoms with Crippen LogP contribution in [0.25, 0.3) is 10.9 Å². The van der Waals surface area contributed by atoms with Gasteiger partial charge in [0.2, 0.25) is 11.8 Å². The monoisotopic (exact) mass is 367 g/mol. The van der Waals surface area contributed by atoms with Crippen molar-refractivity contribution in [3.63, 3.8) is 0 Å². The van der Waals surface area contributed by atoms with Crippen LogP contribution in [0.2, 0.25) is 0 Å². The molecule has 27 heavy (non-hydrogen) atoms. The number of carbonyl (C=O) groups is 1. The first kappa shape index (κ1) is 17.1. The van der Waals surface area contributed by atoms with Crippen LogP contribution in [0.4, 0.5) is 16.4 Å². The maximum absolute atomic E-state index is 12.6. The Morgan fingerprint density at radius 2 is 2.00 bits per heavy atom. The zero-order valence-electron chi connectivity index (χ0n) is 15.3. The van der Waals surface area contributed by atoms with Crippen LogP contribution in [0.3, 0.4) is 0 Å². The lowest BCUT2D eigenvalue weighted by atomic mass is 10.2. The van der Waals surface area contributed by atoms with Crippen molar-refractivity contribution in [1.29, 1.82) is 0 Å². The van der Waals surface area contributed by atoms with E-state index in [1.165, 1.54) is 0 Å². The van der Waals surface area contributed by atoms with Crippen molar-refractivity contribution >= 4 is 28.6 Å². The number of aromatic nitrogens is 4. The molecule has 0 spiro atoms. The number of fused-ring (bicyclic) bond motifs is 1. The molecule has 3 heterocycles. The zero-order valence-corrected chi connectivity index (χ0v) is 15.3. The average molecular weight is 367 g/mol. The van der Waals surface area contributed by atoms with Gasteiger partial charge in [0.1, 0.15) is 0 Å². The van der Waals surface area contributed by atoms with Crippen LogP contribution in [0, 0.1) is 0 Å². The minimum atomic E-state index is -0.109. The third-order valence-corrected chi connectivity index (χ3v) is 4.68. The maximum Gasteiger partial charge on any atom is 0.321 e. The SMILES string of the molecule is COc1ccnc(N2CCN(C(=O)Nc3ccc4cnn(C)c4c3)CC2)n1. The molecule has 0 saturated carbocycles. The third-order valence-electron chi connectivity index (χ3n) is 4.68. The smallest absolute Gasteiger partial charge is 0.321 e. The summed E-state index contributed by atoms with van der Waals surface area (Å²) in [4.78, 5) is 25.1. The molecule has 1 aromatic carbocycles. The Labute approximate surface area is 156 Å². The highest BCUT2D eigenvalue weighted by Crippen LogP contribution is 2.19. The van der Waals surface area contributed by atoms with E-state index in [-0.39, 0.29) is 6.03 Å². The fourth-order valence-electron chi connectivity index (χ4n) is 3.13. The van der Waals surface area contributed by atoms with Crippen molar-refractivity contribution in [3.8, 4) is 5.88 Å². The summed E-state index contributed by atoms with van der Waals surface area (Å²) in [6.45, 7) is 2.53. The third kappa shape index (κ3) is 3.48. The van der Waals surface area contributed by atoms with Crippen LogP contribution in [-0.4, -0.2) is 64.0 Å². The van der Waals surface area contributed by atoms with Crippen LogP contribution in [0.1, 0.15) is 0 Å². The van der Waals surface area contributed by atoms with Gasteiger partial charge in [-0.3, -0.25) is 4.68 Å². The molecule has 3 aromatic rings. The second-order valence-corrected chi connectivity index (χ2v) is 6.35. The molecule has 1 saturated heterocycles. The van der Waals surface area contributed by atoms with E-state index in [0.29, 0.717) is 38.0 Å². The van der Waals surface area contributed by atoms with Crippen molar-refractivity contribution in [2.45, 2.75) is 0 Å². The number of rotatable bonds is 3. The molecule has 2 amide bonds. The average Bonchev–Trinajstić information content (AvgIpc) is 3.08. The van der Waals surface area contributed by atoms with Crippen LogP contribution >= 0.6 is 0 Å². The van der Waals surface area contributed by atoms with Crippen LogP contribution in [0.15, 0.2) is 36.7 Å².